The van der Waals surface area contributed by atoms with Gasteiger partial charge in [0, 0.05) is 12.1 Å². The molecule has 2 aliphatic heterocycles. The summed E-state index contributed by atoms with van der Waals surface area (Å²) in [5, 5.41) is 9.74. The average Bonchev–Trinajstić information content (AvgIpc) is 2.54. The van der Waals surface area contributed by atoms with Crippen molar-refractivity contribution in [2.45, 2.75) is 43.9 Å². The molecule has 4 nitrogen and oxygen atoms in total. The van der Waals surface area contributed by atoms with Gasteiger partial charge in [-0.25, -0.2) is 4.98 Å². The van der Waals surface area contributed by atoms with Crippen molar-refractivity contribution in [2.24, 2.45) is 0 Å². The second-order valence-corrected chi connectivity index (χ2v) is 4.86. The molecule has 2 saturated heterocycles. The predicted octanol–water partition coefficient (Wildman–Crippen LogP) is 1.16. The van der Waals surface area contributed by atoms with Gasteiger partial charge in [0.25, 0.3) is 0 Å². The zero-order valence-corrected chi connectivity index (χ0v) is 9.21. The summed E-state index contributed by atoms with van der Waals surface area (Å²) in [6.07, 6.45) is 5.88. The van der Waals surface area contributed by atoms with Crippen LogP contribution in [0, 0.1) is 0 Å². The van der Waals surface area contributed by atoms with E-state index in [9.17, 15) is 5.11 Å². The Morgan fingerprint density at radius 2 is 1.94 bits per heavy atom. The van der Waals surface area contributed by atoms with Gasteiger partial charge in [-0.15, -0.1) is 0 Å². The molecule has 3 N–H and O–H groups in total. The van der Waals surface area contributed by atoms with E-state index in [1.165, 1.54) is 12.8 Å². The molecule has 3 rings (SSSR count). The Balaban J connectivity index is 1.88. The lowest BCUT2D eigenvalue weighted by molar-refractivity contribution is 0.126. The molecule has 86 valence electrons. The van der Waals surface area contributed by atoms with Gasteiger partial charge < -0.3 is 15.7 Å². The fourth-order valence-corrected chi connectivity index (χ4v) is 3.12. The molecule has 4 heteroatoms. The minimum Gasteiger partial charge on any atom is -0.393 e. The third-order valence-corrected chi connectivity index (χ3v) is 3.78. The van der Waals surface area contributed by atoms with Crippen LogP contribution in [0.15, 0.2) is 18.3 Å². The van der Waals surface area contributed by atoms with Crippen molar-refractivity contribution in [3.8, 4) is 0 Å². The fourth-order valence-electron chi connectivity index (χ4n) is 3.12. The predicted molar refractivity (Wildman–Crippen MR) is 63.2 cm³/mol. The topological polar surface area (TPSA) is 62.4 Å². The van der Waals surface area contributed by atoms with Crippen molar-refractivity contribution in [1.82, 2.24) is 4.98 Å². The molecule has 3 heterocycles. The summed E-state index contributed by atoms with van der Waals surface area (Å²) in [6.45, 7) is 0. The summed E-state index contributed by atoms with van der Waals surface area (Å²) in [4.78, 5) is 6.56. The van der Waals surface area contributed by atoms with E-state index in [-0.39, 0.29) is 6.10 Å². The van der Waals surface area contributed by atoms with Crippen molar-refractivity contribution >= 4 is 11.5 Å². The third kappa shape index (κ3) is 1.53. The highest BCUT2D eigenvalue weighted by Crippen LogP contribution is 2.38. The smallest absolute Gasteiger partial charge is 0.123 e. The Morgan fingerprint density at radius 3 is 2.50 bits per heavy atom. The highest BCUT2D eigenvalue weighted by atomic mass is 16.3. The molecular weight excluding hydrogens is 202 g/mol. The lowest BCUT2D eigenvalue weighted by Gasteiger charge is -2.38. The number of piperidine rings is 1. The van der Waals surface area contributed by atoms with Crippen LogP contribution in [0.1, 0.15) is 25.7 Å². The van der Waals surface area contributed by atoms with Crippen molar-refractivity contribution in [3.05, 3.63) is 18.3 Å². The van der Waals surface area contributed by atoms with Gasteiger partial charge in [0.1, 0.15) is 5.82 Å². The van der Waals surface area contributed by atoms with Gasteiger partial charge >= 0.3 is 0 Å². The van der Waals surface area contributed by atoms with Crippen LogP contribution in [0.4, 0.5) is 11.5 Å². The number of aromatic nitrogens is 1. The summed E-state index contributed by atoms with van der Waals surface area (Å²) in [5.41, 5.74) is 6.74. The van der Waals surface area contributed by atoms with Crippen LogP contribution < -0.4 is 10.6 Å². The minimum atomic E-state index is -0.115. The quantitative estimate of drug-likeness (QED) is 0.744. The first-order chi connectivity index (χ1) is 7.74. The number of rotatable bonds is 1. The van der Waals surface area contributed by atoms with Gasteiger partial charge in [0.15, 0.2) is 0 Å². The van der Waals surface area contributed by atoms with Crippen LogP contribution in [-0.4, -0.2) is 28.3 Å². The van der Waals surface area contributed by atoms with Gasteiger partial charge in [-0.2, -0.15) is 0 Å². The van der Waals surface area contributed by atoms with Crippen LogP contribution in [0.25, 0.3) is 0 Å². The van der Waals surface area contributed by atoms with Crippen molar-refractivity contribution in [1.29, 1.82) is 0 Å². The summed E-state index contributed by atoms with van der Waals surface area (Å²) in [5.74, 6) is 0.563. The summed E-state index contributed by atoms with van der Waals surface area (Å²) < 4.78 is 0. The normalized spacial score (nSPS) is 33.1. The first-order valence-corrected chi connectivity index (χ1v) is 5.92. The average molecular weight is 219 g/mol. The van der Waals surface area contributed by atoms with E-state index in [1.54, 1.807) is 0 Å². The Morgan fingerprint density at radius 1 is 1.25 bits per heavy atom. The molecule has 0 spiro atoms. The first kappa shape index (κ1) is 9.90. The number of pyridine rings is 1. The summed E-state index contributed by atoms with van der Waals surface area (Å²) >= 11 is 0. The SMILES string of the molecule is Nc1ccc(N2[C@@H]3CC[C@H]2C[C@H](O)C3)cn1. The molecule has 0 aromatic carbocycles. The summed E-state index contributed by atoms with van der Waals surface area (Å²) in [7, 11) is 0. The Kier molecular flexibility index (Phi) is 2.24. The van der Waals surface area contributed by atoms with Crippen molar-refractivity contribution in [2.75, 3.05) is 10.6 Å². The number of hydrogen-bond donors (Lipinski definition) is 2. The van der Waals surface area contributed by atoms with E-state index in [1.807, 2.05) is 18.3 Å². The van der Waals surface area contributed by atoms with Crippen LogP contribution in [-0.2, 0) is 0 Å². The fraction of sp³-hybridized carbons (Fsp3) is 0.583. The zero-order chi connectivity index (χ0) is 11.1. The van der Waals surface area contributed by atoms with Crippen LogP contribution in [0.3, 0.4) is 0 Å². The van der Waals surface area contributed by atoms with Crippen LogP contribution in [0.5, 0.6) is 0 Å². The first-order valence-electron chi connectivity index (χ1n) is 5.92. The minimum absolute atomic E-state index is 0.115. The van der Waals surface area contributed by atoms with Crippen molar-refractivity contribution < 1.29 is 5.11 Å². The molecule has 0 aliphatic carbocycles. The Bertz CT molecular complexity index is 364. The zero-order valence-electron chi connectivity index (χ0n) is 9.21. The van der Waals surface area contributed by atoms with E-state index in [2.05, 4.69) is 9.88 Å². The highest BCUT2D eigenvalue weighted by molar-refractivity contribution is 5.51. The standard InChI is InChI=1S/C12H17N3O/c13-12-4-3-10(7-14-12)15-8-1-2-9(15)6-11(16)5-8/h3-4,7-9,11,16H,1-2,5-6H2,(H2,13,14)/t8-,9+,11-. The molecule has 2 fully saturated rings. The van der Waals surface area contributed by atoms with Crippen molar-refractivity contribution in [3.63, 3.8) is 0 Å². The number of aliphatic hydroxyl groups is 1. The second-order valence-electron chi connectivity index (χ2n) is 4.86. The number of anilines is 2. The highest BCUT2D eigenvalue weighted by Gasteiger charge is 2.40. The van der Waals surface area contributed by atoms with Gasteiger partial charge in [0.05, 0.1) is 18.0 Å². The van der Waals surface area contributed by atoms with Crippen LogP contribution >= 0.6 is 0 Å². The van der Waals surface area contributed by atoms with Gasteiger partial charge in [-0.1, -0.05) is 0 Å². The van der Waals surface area contributed by atoms with Gasteiger partial charge in [0.2, 0.25) is 0 Å². The molecular formula is C12H17N3O. The molecule has 0 unspecified atom stereocenters. The summed E-state index contributed by atoms with van der Waals surface area (Å²) in [6, 6.07) is 4.85. The number of nitrogens with two attached hydrogens (primary N) is 1. The molecule has 1 aromatic heterocycles. The second kappa shape index (κ2) is 3.63. The number of nitrogens with zero attached hydrogens (tertiary/aromatic N) is 2. The maximum Gasteiger partial charge on any atom is 0.123 e. The van der Waals surface area contributed by atoms with E-state index in [4.69, 9.17) is 5.73 Å². The molecule has 2 bridgehead atoms. The molecule has 0 radical (unpaired) electrons. The molecule has 1 aromatic rings. The lowest BCUT2D eigenvalue weighted by atomic mass is 9.99. The number of hydrogen-bond acceptors (Lipinski definition) is 4. The van der Waals surface area contributed by atoms with E-state index in [0.717, 1.165) is 18.5 Å². The Labute approximate surface area is 95.1 Å². The van der Waals surface area contributed by atoms with E-state index < -0.39 is 0 Å². The number of nitrogen functional groups attached to an aromatic ring is 1. The van der Waals surface area contributed by atoms with Crippen LogP contribution in [0.2, 0.25) is 0 Å². The molecule has 0 saturated carbocycles. The number of aliphatic hydroxyl groups excluding tert-OH is 1. The number of fused-ring (bicyclic) bond motifs is 2. The third-order valence-electron chi connectivity index (χ3n) is 3.78. The largest absolute Gasteiger partial charge is 0.393 e. The maximum atomic E-state index is 9.74. The van der Waals surface area contributed by atoms with Gasteiger partial charge in [-0.3, -0.25) is 0 Å². The molecule has 2 aliphatic rings. The van der Waals surface area contributed by atoms with E-state index >= 15 is 0 Å². The molecule has 16 heavy (non-hydrogen) atoms. The molecule has 0 amide bonds. The monoisotopic (exact) mass is 219 g/mol. The van der Waals surface area contributed by atoms with Gasteiger partial charge in [-0.05, 0) is 37.8 Å². The maximum absolute atomic E-state index is 9.74. The molecule has 3 atom stereocenters. The Hall–Kier alpha value is -1.29. The van der Waals surface area contributed by atoms with E-state index in [0.29, 0.717) is 17.9 Å². The lowest BCUT2D eigenvalue weighted by Crippen LogP contribution is -2.44.